The molecule has 2 aliphatic rings. The van der Waals surface area contributed by atoms with Gasteiger partial charge in [0.25, 0.3) is 0 Å². The van der Waals surface area contributed by atoms with Crippen molar-refractivity contribution in [2.24, 2.45) is 0 Å². The zero-order chi connectivity index (χ0) is 20.3. The average Bonchev–Trinajstić information content (AvgIpc) is 2.92. The summed E-state index contributed by atoms with van der Waals surface area (Å²) in [6, 6.07) is 6.27. The van der Waals surface area contributed by atoms with Crippen molar-refractivity contribution >= 4 is 23.8 Å². The van der Waals surface area contributed by atoms with Crippen LogP contribution in [0.15, 0.2) is 36.9 Å². The molecule has 2 heterocycles. The molecule has 0 saturated carbocycles. The largest absolute Gasteiger partial charge is 0.496 e. The zero-order valence-electron chi connectivity index (χ0n) is 15.6. The second-order valence-corrected chi connectivity index (χ2v) is 6.43. The fourth-order valence-corrected chi connectivity index (χ4v) is 3.43. The van der Waals surface area contributed by atoms with Crippen LogP contribution in [-0.4, -0.2) is 78.3 Å². The first kappa shape index (κ1) is 19.6. The molecule has 28 heavy (non-hydrogen) atoms. The summed E-state index contributed by atoms with van der Waals surface area (Å²) >= 11 is 0. The molecule has 0 aliphatic carbocycles. The number of piperazine rings is 1. The SMILES string of the molecule is C=CCN1C(=O)C(=O)N(CC(=O)N2CCNCC2c2ccccc2OC)C1=O. The molecule has 2 fully saturated rings. The van der Waals surface area contributed by atoms with E-state index in [2.05, 4.69) is 11.9 Å². The maximum Gasteiger partial charge on any atom is 0.335 e. The third-order valence-corrected chi connectivity index (χ3v) is 4.80. The van der Waals surface area contributed by atoms with Crippen molar-refractivity contribution in [1.82, 2.24) is 20.0 Å². The Morgan fingerprint density at radius 1 is 1.25 bits per heavy atom. The second-order valence-electron chi connectivity index (χ2n) is 6.43. The monoisotopic (exact) mass is 386 g/mol. The van der Waals surface area contributed by atoms with Crippen molar-refractivity contribution in [2.75, 3.05) is 39.8 Å². The van der Waals surface area contributed by atoms with Crippen LogP contribution in [0.3, 0.4) is 0 Å². The van der Waals surface area contributed by atoms with Gasteiger partial charge in [-0.2, -0.15) is 0 Å². The lowest BCUT2D eigenvalue weighted by Gasteiger charge is -2.37. The molecule has 0 spiro atoms. The topological polar surface area (TPSA) is 99.3 Å². The molecule has 1 aromatic rings. The first-order valence-electron chi connectivity index (χ1n) is 8.91. The smallest absolute Gasteiger partial charge is 0.335 e. The third-order valence-electron chi connectivity index (χ3n) is 4.80. The van der Waals surface area contributed by atoms with Crippen molar-refractivity contribution in [1.29, 1.82) is 0 Å². The maximum absolute atomic E-state index is 13.0. The van der Waals surface area contributed by atoms with Crippen LogP contribution in [0, 0.1) is 0 Å². The van der Waals surface area contributed by atoms with E-state index in [-0.39, 0.29) is 12.6 Å². The molecule has 0 bridgehead atoms. The summed E-state index contributed by atoms with van der Waals surface area (Å²) in [4.78, 5) is 52.5. The molecule has 1 atom stereocenters. The van der Waals surface area contributed by atoms with Crippen LogP contribution < -0.4 is 10.1 Å². The summed E-state index contributed by atoms with van der Waals surface area (Å²) in [5.74, 6) is -1.70. The number of urea groups is 1. The number of carbonyl (C=O) groups excluding carboxylic acids is 4. The van der Waals surface area contributed by atoms with Crippen molar-refractivity contribution in [2.45, 2.75) is 6.04 Å². The molecule has 148 valence electrons. The lowest BCUT2D eigenvalue weighted by molar-refractivity contribution is -0.145. The predicted molar refractivity (Wildman–Crippen MR) is 99.3 cm³/mol. The van der Waals surface area contributed by atoms with Crippen LogP contribution in [0.2, 0.25) is 0 Å². The highest BCUT2D eigenvalue weighted by atomic mass is 16.5. The highest BCUT2D eigenvalue weighted by molar-refractivity contribution is 6.45. The Hall–Kier alpha value is -3.20. The number of nitrogens with one attached hydrogen (secondary N) is 1. The fraction of sp³-hybridized carbons (Fsp3) is 0.368. The van der Waals surface area contributed by atoms with Crippen LogP contribution in [0.4, 0.5) is 4.79 Å². The van der Waals surface area contributed by atoms with Gasteiger partial charge >= 0.3 is 17.8 Å². The molecular formula is C19H22N4O5. The Labute approximate surface area is 162 Å². The zero-order valence-corrected chi connectivity index (χ0v) is 15.6. The Balaban J connectivity index is 1.80. The number of benzene rings is 1. The van der Waals surface area contributed by atoms with Crippen molar-refractivity contribution in [3.05, 3.63) is 42.5 Å². The first-order valence-corrected chi connectivity index (χ1v) is 8.91. The van der Waals surface area contributed by atoms with Crippen LogP contribution >= 0.6 is 0 Å². The van der Waals surface area contributed by atoms with Crippen LogP contribution in [0.1, 0.15) is 11.6 Å². The van der Waals surface area contributed by atoms with Gasteiger partial charge in [0.2, 0.25) is 5.91 Å². The average molecular weight is 386 g/mol. The third kappa shape index (κ3) is 3.48. The summed E-state index contributed by atoms with van der Waals surface area (Å²) in [7, 11) is 1.56. The first-order chi connectivity index (χ1) is 13.5. The normalized spacial score (nSPS) is 20.0. The number of imide groups is 2. The van der Waals surface area contributed by atoms with E-state index in [4.69, 9.17) is 4.74 Å². The van der Waals surface area contributed by atoms with Crippen LogP contribution in [-0.2, 0) is 14.4 Å². The molecule has 0 radical (unpaired) electrons. The van der Waals surface area contributed by atoms with Gasteiger partial charge in [0, 0.05) is 31.7 Å². The van der Waals surface area contributed by atoms with E-state index in [1.54, 1.807) is 12.0 Å². The van der Waals surface area contributed by atoms with Gasteiger partial charge in [-0.25, -0.2) is 9.69 Å². The molecule has 2 aliphatic heterocycles. The molecule has 0 aromatic heterocycles. The maximum atomic E-state index is 13.0. The highest BCUT2D eigenvalue weighted by Gasteiger charge is 2.45. The Morgan fingerprint density at radius 3 is 2.68 bits per heavy atom. The number of ether oxygens (including phenoxy) is 1. The number of hydrogen-bond donors (Lipinski definition) is 1. The highest BCUT2D eigenvalue weighted by Crippen LogP contribution is 2.30. The van der Waals surface area contributed by atoms with E-state index in [0.29, 0.717) is 30.3 Å². The summed E-state index contributed by atoms with van der Waals surface area (Å²) in [5.41, 5.74) is 0.828. The number of rotatable bonds is 6. The summed E-state index contributed by atoms with van der Waals surface area (Å²) in [5, 5.41) is 3.24. The molecule has 5 amide bonds. The van der Waals surface area contributed by atoms with Gasteiger partial charge in [-0.05, 0) is 6.07 Å². The molecule has 1 N–H and O–H groups in total. The van der Waals surface area contributed by atoms with E-state index >= 15 is 0 Å². The lowest BCUT2D eigenvalue weighted by atomic mass is 10.0. The second kappa shape index (κ2) is 8.22. The van der Waals surface area contributed by atoms with E-state index in [1.165, 1.54) is 6.08 Å². The quantitative estimate of drug-likeness (QED) is 0.424. The molecule has 1 unspecified atom stereocenters. The van der Waals surface area contributed by atoms with Crippen molar-refractivity contribution in [3.8, 4) is 5.75 Å². The van der Waals surface area contributed by atoms with Gasteiger partial charge in [-0.1, -0.05) is 24.3 Å². The number of methoxy groups -OCH3 is 1. The number of amides is 5. The van der Waals surface area contributed by atoms with Crippen molar-refractivity contribution in [3.63, 3.8) is 0 Å². The molecule has 9 heteroatoms. The van der Waals surface area contributed by atoms with Gasteiger partial charge in [-0.15, -0.1) is 6.58 Å². The van der Waals surface area contributed by atoms with Crippen LogP contribution in [0.25, 0.3) is 0 Å². The molecule has 3 rings (SSSR count). The van der Waals surface area contributed by atoms with Gasteiger partial charge in [0.05, 0.1) is 13.2 Å². The minimum absolute atomic E-state index is 0.0778. The van der Waals surface area contributed by atoms with E-state index in [0.717, 1.165) is 10.5 Å². The van der Waals surface area contributed by atoms with Gasteiger partial charge < -0.3 is 15.0 Å². The Bertz CT molecular complexity index is 824. The number of carbonyl (C=O) groups is 4. The van der Waals surface area contributed by atoms with Crippen LogP contribution in [0.5, 0.6) is 5.75 Å². The molecule has 2 saturated heterocycles. The van der Waals surface area contributed by atoms with E-state index in [1.807, 2.05) is 24.3 Å². The molecule has 1 aromatic carbocycles. The number of para-hydroxylation sites is 1. The summed E-state index contributed by atoms with van der Waals surface area (Å²) < 4.78 is 5.40. The lowest BCUT2D eigenvalue weighted by Crippen LogP contribution is -2.52. The minimum Gasteiger partial charge on any atom is -0.496 e. The standard InChI is InChI=1S/C19H22N4O5/c1-3-9-22-17(25)18(26)23(19(22)27)12-16(24)21-10-8-20-11-14(21)13-6-4-5-7-15(13)28-2/h3-7,14,20H,1,8-12H2,2H3. The minimum atomic E-state index is -0.996. The Kier molecular flexibility index (Phi) is 5.74. The van der Waals surface area contributed by atoms with Crippen molar-refractivity contribution < 1.29 is 23.9 Å². The van der Waals surface area contributed by atoms with E-state index < -0.39 is 30.3 Å². The Morgan fingerprint density at radius 2 is 1.96 bits per heavy atom. The summed E-state index contributed by atoms with van der Waals surface area (Å²) in [6.07, 6.45) is 1.35. The number of hydrogen-bond acceptors (Lipinski definition) is 6. The van der Waals surface area contributed by atoms with E-state index in [9.17, 15) is 19.2 Å². The summed E-state index contributed by atoms with van der Waals surface area (Å²) in [6.45, 7) is 4.40. The number of nitrogens with zero attached hydrogens (tertiary/aromatic N) is 3. The molecular weight excluding hydrogens is 364 g/mol. The van der Waals surface area contributed by atoms with Gasteiger partial charge in [-0.3, -0.25) is 19.3 Å². The molecule has 9 nitrogen and oxygen atoms in total. The fourth-order valence-electron chi connectivity index (χ4n) is 3.43. The predicted octanol–water partition coefficient (Wildman–Crippen LogP) is 0.145. The van der Waals surface area contributed by atoms with Gasteiger partial charge in [0.1, 0.15) is 12.3 Å². The van der Waals surface area contributed by atoms with Gasteiger partial charge in [0.15, 0.2) is 0 Å².